The zero-order valence-electron chi connectivity index (χ0n) is 7.08. The monoisotopic (exact) mass is 244 g/mol. The van der Waals surface area contributed by atoms with E-state index in [1.54, 1.807) is 18.2 Å². The minimum atomic E-state index is -0.502. The summed E-state index contributed by atoms with van der Waals surface area (Å²) in [6, 6.07) is 5.02. The average Bonchev–Trinajstić information content (AvgIpc) is 2.16. The van der Waals surface area contributed by atoms with Gasteiger partial charge in [0.15, 0.2) is 5.78 Å². The highest BCUT2D eigenvalue weighted by molar-refractivity contribution is 9.10. The number of carbonyl (C=O) groups excluding carboxylic acids is 1. The number of hydrogen-bond acceptors (Lipinski definition) is 3. The van der Waals surface area contributed by atoms with Gasteiger partial charge in [-0.15, -0.1) is 0 Å². The molecule has 0 heterocycles. The quantitative estimate of drug-likeness (QED) is 0.823. The van der Waals surface area contributed by atoms with Crippen LogP contribution in [0.4, 0.5) is 0 Å². The van der Waals surface area contributed by atoms with Crippen LogP contribution in [0.3, 0.4) is 0 Å². The van der Waals surface area contributed by atoms with Crippen LogP contribution >= 0.6 is 15.9 Å². The molecule has 0 saturated carbocycles. The predicted molar refractivity (Wildman–Crippen MR) is 52.1 cm³/mol. The van der Waals surface area contributed by atoms with Crippen molar-refractivity contribution in [2.75, 3.05) is 13.7 Å². The molecule has 0 aliphatic heterocycles. The maximum atomic E-state index is 11.2. The summed E-state index contributed by atoms with van der Waals surface area (Å²) < 4.78 is 5.82. The number of aliphatic hydroxyl groups is 1. The van der Waals surface area contributed by atoms with Gasteiger partial charge in [0.2, 0.25) is 0 Å². The molecular formula is C9H9BrO3. The summed E-state index contributed by atoms with van der Waals surface area (Å²) in [7, 11) is 1.48. The first-order valence-corrected chi connectivity index (χ1v) is 4.46. The van der Waals surface area contributed by atoms with Crippen LogP contribution in [0.5, 0.6) is 5.75 Å². The first-order chi connectivity index (χ1) is 6.19. The lowest BCUT2D eigenvalue weighted by Crippen LogP contribution is -2.06. The van der Waals surface area contributed by atoms with Crippen molar-refractivity contribution in [2.24, 2.45) is 0 Å². The molecule has 0 amide bonds. The molecule has 4 heteroatoms. The number of carbonyl (C=O) groups is 1. The highest BCUT2D eigenvalue weighted by atomic mass is 79.9. The van der Waals surface area contributed by atoms with E-state index in [0.29, 0.717) is 11.3 Å². The van der Waals surface area contributed by atoms with Gasteiger partial charge in [-0.05, 0) is 18.2 Å². The molecular weight excluding hydrogens is 236 g/mol. The van der Waals surface area contributed by atoms with Crippen LogP contribution < -0.4 is 4.74 Å². The van der Waals surface area contributed by atoms with Crippen LogP contribution in [-0.4, -0.2) is 24.6 Å². The molecule has 0 aliphatic carbocycles. The molecule has 3 nitrogen and oxygen atoms in total. The second-order valence-corrected chi connectivity index (χ2v) is 3.34. The summed E-state index contributed by atoms with van der Waals surface area (Å²) in [6.45, 7) is -0.502. The van der Waals surface area contributed by atoms with Crippen molar-refractivity contribution in [1.82, 2.24) is 0 Å². The fourth-order valence-electron chi connectivity index (χ4n) is 0.981. The third kappa shape index (κ3) is 2.29. The van der Waals surface area contributed by atoms with Gasteiger partial charge in [0, 0.05) is 4.47 Å². The molecule has 0 radical (unpaired) electrons. The highest BCUT2D eigenvalue weighted by Gasteiger charge is 2.10. The maximum absolute atomic E-state index is 11.2. The van der Waals surface area contributed by atoms with Crippen molar-refractivity contribution in [1.29, 1.82) is 0 Å². The highest BCUT2D eigenvalue weighted by Crippen LogP contribution is 2.23. The number of rotatable bonds is 3. The SMILES string of the molecule is COc1cc(Br)ccc1C(=O)CO. The van der Waals surface area contributed by atoms with Crippen molar-refractivity contribution in [3.63, 3.8) is 0 Å². The van der Waals surface area contributed by atoms with Gasteiger partial charge < -0.3 is 9.84 Å². The van der Waals surface area contributed by atoms with Crippen LogP contribution in [0.1, 0.15) is 10.4 Å². The summed E-state index contributed by atoms with van der Waals surface area (Å²) >= 11 is 3.25. The molecule has 1 aromatic rings. The summed E-state index contributed by atoms with van der Waals surface area (Å²) in [5, 5.41) is 8.66. The minimum absolute atomic E-state index is 0.343. The Balaban J connectivity index is 3.13. The van der Waals surface area contributed by atoms with E-state index in [1.165, 1.54) is 7.11 Å². The molecule has 13 heavy (non-hydrogen) atoms. The smallest absolute Gasteiger partial charge is 0.191 e. The summed E-state index contributed by atoms with van der Waals surface area (Å²) in [5.74, 6) is 0.123. The van der Waals surface area contributed by atoms with Gasteiger partial charge in [-0.2, -0.15) is 0 Å². The largest absolute Gasteiger partial charge is 0.496 e. The molecule has 0 spiro atoms. The van der Waals surface area contributed by atoms with E-state index in [4.69, 9.17) is 9.84 Å². The average molecular weight is 245 g/mol. The van der Waals surface area contributed by atoms with E-state index in [9.17, 15) is 4.79 Å². The lowest BCUT2D eigenvalue weighted by molar-refractivity contribution is 0.0900. The van der Waals surface area contributed by atoms with Crippen LogP contribution in [0.15, 0.2) is 22.7 Å². The van der Waals surface area contributed by atoms with Crippen molar-refractivity contribution < 1.29 is 14.6 Å². The number of halogens is 1. The zero-order valence-corrected chi connectivity index (χ0v) is 8.67. The summed E-state index contributed by atoms with van der Waals surface area (Å²) in [6.07, 6.45) is 0. The lowest BCUT2D eigenvalue weighted by Gasteiger charge is -2.06. The van der Waals surface area contributed by atoms with E-state index in [1.807, 2.05) is 0 Å². The van der Waals surface area contributed by atoms with Gasteiger partial charge in [-0.25, -0.2) is 0 Å². The molecule has 1 N–H and O–H groups in total. The van der Waals surface area contributed by atoms with Gasteiger partial charge in [-0.1, -0.05) is 15.9 Å². The van der Waals surface area contributed by atoms with E-state index >= 15 is 0 Å². The van der Waals surface area contributed by atoms with E-state index < -0.39 is 6.61 Å². The molecule has 0 bridgehead atoms. The number of aliphatic hydroxyl groups excluding tert-OH is 1. The van der Waals surface area contributed by atoms with Gasteiger partial charge in [0.1, 0.15) is 12.4 Å². The number of Topliss-reactive ketones (excluding diaryl/α,β-unsaturated/α-hetero) is 1. The van der Waals surface area contributed by atoms with Gasteiger partial charge >= 0.3 is 0 Å². The maximum Gasteiger partial charge on any atom is 0.191 e. The lowest BCUT2D eigenvalue weighted by atomic mass is 10.1. The fourth-order valence-corrected chi connectivity index (χ4v) is 1.32. The normalized spacial score (nSPS) is 9.77. The summed E-state index contributed by atoms with van der Waals surface area (Å²) in [5.41, 5.74) is 0.396. The second-order valence-electron chi connectivity index (χ2n) is 2.43. The first kappa shape index (κ1) is 10.2. The molecule has 0 atom stereocenters. The Morgan fingerprint density at radius 2 is 2.31 bits per heavy atom. The van der Waals surface area contributed by atoms with Crippen molar-refractivity contribution >= 4 is 21.7 Å². The zero-order chi connectivity index (χ0) is 9.84. The van der Waals surface area contributed by atoms with E-state index in [2.05, 4.69) is 15.9 Å². The Bertz CT molecular complexity index is 323. The predicted octanol–water partition coefficient (Wildman–Crippen LogP) is 1.63. The van der Waals surface area contributed by atoms with Crippen molar-refractivity contribution in [3.05, 3.63) is 28.2 Å². The molecule has 0 aromatic heterocycles. The van der Waals surface area contributed by atoms with Gasteiger partial charge in [0.05, 0.1) is 12.7 Å². The second kappa shape index (κ2) is 4.39. The Hall–Kier alpha value is -0.870. The number of ether oxygens (including phenoxy) is 1. The van der Waals surface area contributed by atoms with Crippen molar-refractivity contribution in [3.8, 4) is 5.75 Å². The van der Waals surface area contributed by atoms with Crippen LogP contribution in [-0.2, 0) is 0 Å². The van der Waals surface area contributed by atoms with Crippen LogP contribution in [0.25, 0.3) is 0 Å². The topological polar surface area (TPSA) is 46.5 Å². The molecule has 70 valence electrons. The molecule has 1 rings (SSSR count). The minimum Gasteiger partial charge on any atom is -0.496 e. The van der Waals surface area contributed by atoms with Gasteiger partial charge in [0.25, 0.3) is 0 Å². The fraction of sp³-hybridized carbons (Fsp3) is 0.222. The van der Waals surface area contributed by atoms with Crippen molar-refractivity contribution in [2.45, 2.75) is 0 Å². The standard InChI is InChI=1S/C9H9BrO3/c1-13-9-4-6(10)2-3-7(9)8(12)5-11/h2-4,11H,5H2,1H3. The summed E-state index contributed by atoms with van der Waals surface area (Å²) in [4.78, 5) is 11.2. The number of benzene rings is 1. The first-order valence-electron chi connectivity index (χ1n) is 3.66. The third-order valence-corrected chi connectivity index (χ3v) is 2.10. The van der Waals surface area contributed by atoms with E-state index in [-0.39, 0.29) is 5.78 Å². The van der Waals surface area contributed by atoms with Crippen LogP contribution in [0, 0.1) is 0 Å². The molecule has 1 aromatic carbocycles. The Morgan fingerprint density at radius 3 is 2.85 bits per heavy atom. The molecule has 0 aliphatic rings. The Kier molecular flexibility index (Phi) is 3.45. The molecule has 0 fully saturated rings. The molecule has 0 saturated heterocycles. The van der Waals surface area contributed by atoms with Crippen LogP contribution in [0.2, 0.25) is 0 Å². The Morgan fingerprint density at radius 1 is 1.62 bits per heavy atom. The molecule has 0 unspecified atom stereocenters. The Labute approximate surface area is 84.5 Å². The number of methoxy groups -OCH3 is 1. The number of hydrogen-bond donors (Lipinski definition) is 1. The van der Waals surface area contributed by atoms with Gasteiger partial charge in [-0.3, -0.25) is 4.79 Å². The third-order valence-electron chi connectivity index (χ3n) is 1.61. The van der Waals surface area contributed by atoms with E-state index in [0.717, 1.165) is 4.47 Å². The number of ketones is 1.